The molecule has 1 heterocycles. The van der Waals surface area contributed by atoms with E-state index in [0.717, 1.165) is 30.2 Å². The molecule has 2 aromatic carbocycles. The number of nitrogens with zero attached hydrogens (tertiary/aromatic N) is 1. The third kappa shape index (κ3) is 6.51. The van der Waals surface area contributed by atoms with Crippen molar-refractivity contribution in [3.8, 4) is 11.8 Å². The zero-order valence-electron chi connectivity index (χ0n) is 18.2. The van der Waals surface area contributed by atoms with Gasteiger partial charge in [-0.05, 0) is 41.7 Å². The summed E-state index contributed by atoms with van der Waals surface area (Å²) >= 11 is 0. The van der Waals surface area contributed by atoms with Crippen molar-refractivity contribution in [2.75, 3.05) is 17.5 Å². The van der Waals surface area contributed by atoms with Crippen molar-refractivity contribution in [1.82, 2.24) is 10.3 Å². The first-order chi connectivity index (χ1) is 15.5. The quantitative estimate of drug-likeness (QED) is 0.476. The van der Waals surface area contributed by atoms with Gasteiger partial charge in [-0.2, -0.15) is 4.98 Å². The van der Waals surface area contributed by atoms with Gasteiger partial charge in [0.2, 0.25) is 10.0 Å². The maximum atomic E-state index is 14.1. The van der Waals surface area contributed by atoms with Gasteiger partial charge in [-0.1, -0.05) is 32.0 Å². The van der Waals surface area contributed by atoms with Crippen LogP contribution in [0.4, 0.5) is 14.5 Å². The predicted octanol–water partition coefficient (Wildman–Crippen LogP) is 4.21. The molecule has 0 saturated carbocycles. The first-order valence-electron chi connectivity index (χ1n) is 9.99. The summed E-state index contributed by atoms with van der Waals surface area (Å²) in [6, 6.07) is 9.39. The molecular weight excluding hydrogens is 456 g/mol. The standard InChI is InChI=1S/C22H23F2N3O5S/c1-13(2)15-6-4-5-7-19(15)32-22-26-18(12-31-22)21(28)25-9-8-14-10-16(23)20(17(24)11-14)27-33(3,29)30/h4-7,10-13,27H,8-9H2,1-3H3,(H,25,28). The zero-order valence-corrected chi connectivity index (χ0v) is 19.0. The molecule has 0 unspecified atom stereocenters. The van der Waals surface area contributed by atoms with Gasteiger partial charge in [-0.15, -0.1) is 0 Å². The number of hydrogen-bond acceptors (Lipinski definition) is 6. The topological polar surface area (TPSA) is 111 Å². The van der Waals surface area contributed by atoms with E-state index in [2.05, 4.69) is 10.3 Å². The SMILES string of the molecule is CC(C)c1ccccc1Oc1nc(C(=O)NCCc2cc(F)c(NS(C)(=O)=O)c(F)c2)co1. The van der Waals surface area contributed by atoms with Crippen LogP contribution in [0.2, 0.25) is 0 Å². The second-order valence-electron chi connectivity index (χ2n) is 7.61. The van der Waals surface area contributed by atoms with Gasteiger partial charge in [-0.25, -0.2) is 17.2 Å². The van der Waals surface area contributed by atoms with Gasteiger partial charge in [0.25, 0.3) is 5.91 Å². The van der Waals surface area contributed by atoms with Gasteiger partial charge in [-0.3, -0.25) is 9.52 Å². The van der Waals surface area contributed by atoms with Crippen molar-refractivity contribution < 1.29 is 31.1 Å². The van der Waals surface area contributed by atoms with Gasteiger partial charge in [0.05, 0.1) is 6.26 Å². The number of nitrogens with one attached hydrogen (secondary N) is 2. The fourth-order valence-corrected chi connectivity index (χ4v) is 3.58. The van der Waals surface area contributed by atoms with E-state index in [-0.39, 0.29) is 36.2 Å². The smallest absolute Gasteiger partial charge is 0.399 e. The summed E-state index contributed by atoms with van der Waals surface area (Å²) in [5, 5.41) is 2.57. The molecule has 1 aromatic heterocycles. The molecule has 0 saturated heterocycles. The number of benzene rings is 2. The maximum absolute atomic E-state index is 14.1. The molecule has 8 nitrogen and oxygen atoms in total. The summed E-state index contributed by atoms with van der Waals surface area (Å²) in [6.45, 7) is 4.09. The average molecular weight is 480 g/mol. The number of anilines is 1. The second-order valence-corrected chi connectivity index (χ2v) is 9.36. The number of halogens is 2. The zero-order chi connectivity index (χ0) is 24.2. The van der Waals surface area contributed by atoms with E-state index < -0.39 is 33.3 Å². The molecule has 3 rings (SSSR count). The third-order valence-electron chi connectivity index (χ3n) is 4.54. The molecule has 11 heteroatoms. The monoisotopic (exact) mass is 479 g/mol. The molecule has 0 aliphatic heterocycles. The lowest BCUT2D eigenvalue weighted by molar-refractivity contribution is 0.0949. The number of amides is 1. The number of hydrogen-bond donors (Lipinski definition) is 2. The normalized spacial score (nSPS) is 11.5. The summed E-state index contributed by atoms with van der Waals surface area (Å²) in [7, 11) is -3.83. The molecule has 0 aliphatic carbocycles. The van der Waals surface area contributed by atoms with Gasteiger partial charge < -0.3 is 14.5 Å². The van der Waals surface area contributed by atoms with Gasteiger partial charge >= 0.3 is 6.08 Å². The Hall–Kier alpha value is -3.47. The Morgan fingerprint density at radius 2 is 1.85 bits per heavy atom. The van der Waals surface area contributed by atoms with E-state index in [1.54, 1.807) is 10.8 Å². The van der Waals surface area contributed by atoms with Crippen LogP contribution in [0.5, 0.6) is 11.8 Å². The van der Waals surface area contributed by atoms with E-state index in [4.69, 9.17) is 9.15 Å². The number of carbonyl (C=O) groups is 1. The first kappa shape index (κ1) is 24.2. The molecule has 33 heavy (non-hydrogen) atoms. The van der Waals surface area contributed by atoms with Crippen LogP contribution < -0.4 is 14.8 Å². The minimum absolute atomic E-state index is 0.0166. The van der Waals surface area contributed by atoms with Crippen molar-refractivity contribution in [2.45, 2.75) is 26.2 Å². The summed E-state index contributed by atoms with van der Waals surface area (Å²) in [5.74, 6) is -1.88. The van der Waals surface area contributed by atoms with Crippen molar-refractivity contribution >= 4 is 21.6 Å². The molecular formula is C22H23F2N3O5S. The van der Waals surface area contributed by atoms with E-state index in [1.165, 1.54) is 0 Å². The minimum Gasteiger partial charge on any atom is -0.416 e. The summed E-state index contributed by atoms with van der Waals surface area (Å²) in [5.41, 5.74) is 0.425. The summed E-state index contributed by atoms with van der Waals surface area (Å²) in [4.78, 5) is 16.3. The molecule has 0 fully saturated rings. The van der Waals surface area contributed by atoms with Crippen LogP contribution in [0.3, 0.4) is 0 Å². The number of para-hydroxylation sites is 1. The minimum atomic E-state index is -3.83. The van der Waals surface area contributed by atoms with Crippen molar-refractivity contribution in [2.24, 2.45) is 0 Å². The molecule has 1 amide bonds. The number of sulfonamides is 1. The number of oxazole rings is 1. The van der Waals surface area contributed by atoms with Crippen LogP contribution in [0.1, 0.15) is 41.4 Å². The maximum Gasteiger partial charge on any atom is 0.399 e. The molecule has 0 atom stereocenters. The largest absolute Gasteiger partial charge is 0.416 e. The highest BCUT2D eigenvalue weighted by Gasteiger charge is 2.17. The molecule has 3 aromatic rings. The Balaban J connectivity index is 1.59. The van der Waals surface area contributed by atoms with Crippen LogP contribution in [0.25, 0.3) is 0 Å². The van der Waals surface area contributed by atoms with Crippen LogP contribution in [0.15, 0.2) is 47.1 Å². The molecule has 176 valence electrons. The molecule has 0 bridgehead atoms. The van der Waals surface area contributed by atoms with Crippen molar-refractivity contribution in [3.05, 3.63) is 71.1 Å². The number of rotatable bonds is 9. The van der Waals surface area contributed by atoms with Crippen molar-refractivity contribution in [1.29, 1.82) is 0 Å². The Bertz CT molecular complexity index is 1240. The number of ether oxygens (including phenoxy) is 1. The summed E-state index contributed by atoms with van der Waals surface area (Å²) in [6.07, 6.45) is 1.94. The highest BCUT2D eigenvalue weighted by molar-refractivity contribution is 7.92. The predicted molar refractivity (Wildman–Crippen MR) is 118 cm³/mol. The van der Waals surface area contributed by atoms with Crippen LogP contribution >= 0.6 is 0 Å². The number of carbonyl (C=O) groups excluding carboxylic acids is 1. The Kier molecular flexibility index (Phi) is 7.32. The number of aromatic nitrogens is 1. The second kappa shape index (κ2) is 9.99. The first-order valence-corrected chi connectivity index (χ1v) is 11.9. The van der Waals surface area contributed by atoms with E-state index in [9.17, 15) is 22.0 Å². The van der Waals surface area contributed by atoms with Gasteiger partial charge in [0.15, 0.2) is 17.3 Å². The molecule has 0 radical (unpaired) electrons. The van der Waals surface area contributed by atoms with E-state index >= 15 is 0 Å². The Morgan fingerprint density at radius 1 is 1.18 bits per heavy atom. The third-order valence-corrected chi connectivity index (χ3v) is 5.12. The lowest BCUT2D eigenvalue weighted by Crippen LogP contribution is -2.26. The molecule has 0 spiro atoms. The van der Waals surface area contributed by atoms with Crippen LogP contribution in [-0.4, -0.2) is 32.1 Å². The fourth-order valence-electron chi connectivity index (χ4n) is 3.02. The lowest BCUT2D eigenvalue weighted by atomic mass is 10.0. The van der Waals surface area contributed by atoms with Crippen LogP contribution in [0, 0.1) is 11.6 Å². The van der Waals surface area contributed by atoms with Crippen molar-refractivity contribution in [3.63, 3.8) is 0 Å². The van der Waals surface area contributed by atoms with Gasteiger partial charge in [0.1, 0.15) is 17.7 Å². The average Bonchev–Trinajstić information content (AvgIpc) is 3.19. The Morgan fingerprint density at radius 3 is 2.48 bits per heavy atom. The van der Waals surface area contributed by atoms with E-state index in [1.807, 2.05) is 32.0 Å². The van der Waals surface area contributed by atoms with E-state index in [0.29, 0.717) is 5.75 Å². The summed E-state index contributed by atoms with van der Waals surface area (Å²) < 4.78 is 63.2. The highest BCUT2D eigenvalue weighted by Crippen LogP contribution is 2.30. The van der Waals surface area contributed by atoms with Gasteiger partial charge in [0, 0.05) is 6.54 Å². The molecule has 0 aliphatic rings. The lowest BCUT2D eigenvalue weighted by Gasteiger charge is -2.10. The fraction of sp³-hybridized carbons (Fsp3) is 0.273. The molecule has 2 N–H and O–H groups in total. The highest BCUT2D eigenvalue weighted by atomic mass is 32.2. The van der Waals surface area contributed by atoms with Crippen LogP contribution in [-0.2, 0) is 16.4 Å². The Labute approximate surface area is 190 Å².